The second-order valence-electron chi connectivity index (χ2n) is 1.17. The van der Waals surface area contributed by atoms with Gasteiger partial charge in [0.05, 0.1) is 19.8 Å². The molecule has 0 radical (unpaired) electrons. The van der Waals surface area contributed by atoms with Gasteiger partial charge < -0.3 is 9.47 Å². The van der Waals surface area contributed by atoms with Crippen LogP contribution in [0.3, 0.4) is 0 Å². The van der Waals surface area contributed by atoms with Crippen LogP contribution in [0.4, 0.5) is 0 Å². The van der Waals surface area contributed by atoms with Gasteiger partial charge in [-0.3, -0.25) is 0 Å². The highest BCUT2D eigenvalue weighted by Gasteiger charge is 2.06. The van der Waals surface area contributed by atoms with Crippen molar-refractivity contribution in [2.24, 2.45) is 0 Å². The van der Waals surface area contributed by atoms with Crippen molar-refractivity contribution in [2.75, 3.05) is 14.2 Å². The van der Waals surface area contributed by atoms with Crippen LogP contribution < -0.4 is 0 Å². The molecule has 3 nitrogen and oxygen atoms in total. The molecule has 0 rings (SSSR count). The van der Waals surface area contributed by atoms with E-state index in [0.717, 1.165) is 5.54 Å². The molecule has 0 saturated carbocycles. The molecule has 0 amide bonds. The lowest BCUT2D eigenvalue weighted by atomic mass is 10.6. The quantitative estimate of drug-likeness (QED) is 0.333. The highest BCUT2D eigenvalue weighted by atomic mass is 35.5. The Morgan fingerprint density at radius 3 is 2.11 bits per heavy atom. The van der Waals surface area contributed by atoms with Gasteiger partial charge in [0.2, 0.25) is 5.76 Å². The molecule has 9 heavy (non-hydrogen) atoms. The van der Waals surface area contributed by atoms with Gasteiger partial charge in [0.15, 0.2) is 0 Å². The molecule has 0 heterocycles. The summed E-state index contributed by atoms with van der Waals surface area (Å²) in [6.45, 7) is 0. The molecule has 4 heteroatoms. The van der Waals surface area contributed by atoms with E-state index >= 15 is 0 Å². The first-order valence-corrected chi connectivity index (χ1v) is 2.62. The fraction of sp³-hybridized carbons (Fsp3) is 0.400. The van der Waals surface area contributed by atoms with Crippen molar-refractivity contribution in [3.05, 3.63) is 11.3 Å². The summed E-state index contributed by atoms with van der Waals surface area (Å²) >= 11 is 5.15. The van der Waals surface area contributed by atoms with Gasteiger partial charge in [0.25, 0.3) is 0 Å². The third kappa shape index (κ3) is 2.37. The van der Waals surface area contributed by atoms with Gasteiger partial charge >= 0.3 is 5.97 Å². The molecule has 0 aromatic heterocycles. The second-order valence-corrected chi connectivity index (χ2v) is 1.39. The van der Waals surface area contributed by atoms with Crippen LogP contribution in [-0.2, 0) is 14.3 Å². The molecule has 0 atom stereocenters. The number of esters is 1. The standard InChI is InChI=1S/C5H7ClO3/c1-8-4(3-6)5(7)9-2/h3H,1-2H3/b4-3+. The molecule has 0 spiro atoms. The molecule has 0 saturated heterocycles. The molecule has 0 aliphatic heterocycles. The minimum Gasteiger partial charge on any atom is -0.489 e. The van der Waals surface area contributed by atoms with E-state index < -0.39 is 5.97 Å². The van der Waals surface area contributed by atoms with Crippen molar-refractivity contribution in [2.45, 2.75) is 0 Å². The monoisotopic (exact) mass is 150 g/mol. The molecule has 0 fully saturated rings. The van der Waals surface area contributed by atoms with E-state index in [0.29, 0.717) is 0 Å². The maximum Gasteiger partial charge on any atom is 0.374 e. The summed E-state index contributed by atoms with van der Waals surface area (Å²) in [6, 6.07) is 0. The van der Waals surface area contributed by atoms with E-state index in [2.05, 4.69) is 9.47 Å². The number of ether oxygens (including phenoxy) is 2. The molecule has 0 unspecified atom stereocenters. The van der Waals surface area contributed by atoms with Gasteiger partial charge in [-0.15, -0.1) is 0 Å². The van der Waals surface area contributed by atoms with E-state index in [1.165, 1.54) is 14.2 Å². The summed E-state index contributed by atoms with van der Waals surface area (Å²) in [6.07, 6.45) is 0. The van der Waals surface area contributed by atoms with E-state index in [1.54, 1.807) is 0 Å². The van der Waals surface area contributed by atoms with Gasteiger partial charge in [0.1, 0.15) is 0 Å². The minimum atomic E-state index is -0.576. The van der Waals surface area contributed by atoms with Gasteiger partial charge in [-0.25, -0.2) is 4.79 Å². The van der Waals surface area contributed by atoms with Crippen molar-refractivity contribution in [1.82, 2.24) is 0 Å². The Kier molecular flexibility index (Phi) is 3.88. The second kappa shape index (κ2) is 4.21. The Labute approximate surface area is 58.2 Å². The fourth-order valence-corrected chi connectivity index (χ4v) is 0.451. The highest BCUT2D eigenvalue weighted by Crippen LogP contribution is 1.98. The lowest BCUT2D eigenvalue weighted by Gasteiger charge is -1.99. The van der Waals surface area contributed by atoms with E-state index in [-0.39, 0.29) is 5.76 Å². The van der Waals surface area contributed by atoms with Gasteiger partial charge in [-0.2, -0.15) is 0 Å². The van der Waals surface area contributed by atoms with Crippen LogP contribution >= 0.6 is 11.6 Å². The molecule has 0 bridgehead atoms. The lowest BCUT2D eigenvalue weighted by Crippen LogP contribution is -2.05. The zero-order valence-electron chi connectivity index (χ0n) is 5.18. The Bertz CT molecular complexity index is 130. The van der Waals surface area contributed by atoms with Crippen LogP contribution in [0.5, 0.6) is 0 Å². The molecule has 52 valence electrons. The fourth-order valence-electron chi connectivity index (χ4n) is 0.273. The summed E-state index contributed by atoms with van der Waals surface area (Å²) in [5.41, 5.74) is 1.02. The first-order chi connectivity index (χ1) is 4.26. The molecule has 0 aliphatic rings. The largest absolute Gasteiger partial charge is 0.489 e. The van der Waals surface area contributed by atoms with E-state index in [4.69, 9.17) is 11.6 Å². The molecule has 0 aliphatic carbocycles. The molecular formula is C5H7ClO3. The number of rotatable bonds is 2. The maximum atomic E-state index is 10.5. The van der Waals surface area contributed by atoms with Gasteiger partial charge in [-0.05, 0) is 0 Å². The topological polar surface area (TPSA) is 35.5 Å². The number of carbonyl (C=O) groups is 1. The van der Waals surface area contributed by atoms with Gasteiger partial charge in [0, 0.05) is 0 Å². The first-order valence-electron chi connectivity index (χ1n) is 2.19. The third-order valence-corrected chi connectivity index (χ3v) is 0.904. The van der Waals surface area contributed by atoms with Crippen LogP contribution in [0.1, 0.15) is 0 Å². The van der Waals surface area contributed by atoms with Crippen LogP contribution in [0.15, 0.2) is 11.3 Å². The molecule has 0 N–H and O–H groups in total. The van der Waals surface area contributed by atoms with Gasteiger partial charge in [-0.1, -0.05) is 11.6 Å². The Morgan fingerprint density at radius 1 is 1.44 bits per heavy atom. The first kappa shape index (κ1) is 8.30. The van der Waals surface area contributed by atoms with Crippen molar-refractivity contribution < 1.29 is 14.3 Å². The summed E-state index contributed by atoms with van der Waals surface area (Å²) in [7, 11) is 2.59. The minimum absolute atomic E-state index is 0.000772. The SMILES string of the molecule is COC(=O)/C(=C\Cl)OC. The average Bonchev–Trinajstić information content (AvgIpc) is 1.90. The molecular weight excluding hydrogens is 144 g/mol. The summed E-state index contributed by atoms with van der Waals surface area (Å²) < 4.78 is 8.78. The predicted octanol–water partition coefficient (Wildman–Crippen LogP) is 0.886. The summed E-state index contributed by atoms with van der Waals surface area (Å²) in [4.78, 5) is 10.5. The van der Waals surface area contributed by atoms with Crippen molar-refractivity contribution in [1.29, 1.82) is 0 Å². The Hall–Kier alpha value is -0.700. The molecule has 0 aromatic carbocycles. The van der Waals surface area contributed by atoms with Crippen molar-refractivity contribution in [3.8, 4) is 0 Å². The summed E-state index contributed by atoms with van der Waals surface area (Å²) in [5.74, 6) is -0.577. The highest BCUT2D eigenvalue weighted by molar-refractivity contribution is 6.27. The maximum absolute atomic E-state index is 10.5. The zero-order valence-corrected chi connectivity index (χ0v) is 5.94. The van der Waals surface area contributed by atoms with Crippen LogP contribution in [0, 0.1) is 0 Å². The smallest absolute Gasteiger partial charge is 0.374 e. The van der Waals surface area contributed by atoms with Crippen LogP contribution in [0.2, 0.25) is 0 Å². The lowest BCUT2D eigenvalue weighted by molar-refractivity contribution is -0.139. The average molecular weight is 151 g/mol. The van der Waals surface area contributed by atoms with Crippen LogP contribution in [-0.4, -0.2) is 20.2 Å². The van der Waals surface area contributed by atoms with E-state index in [1.807, 2.05) is 0 Å². The third-order valence-electron chi connectivity index (χ3n) is 0.706. The summed E-state index contributed by atoms with van der Waals surface area (Å²) in [5, 5.41) is 0. The van der Waals surface area contributed by atoms with Crippen molar-refractivity contribution in [3.63, 3.8) is 0 Å². The zero-order chi connectivity index (χ0) is 7.28. The normalized spacial score (nSPS) is 10.8. The van der Waals surface area contributed by atoms with Crippen LogP contribution in [0.25, 0.3) is 0 Å². The number of carbonyl (C=O) groups excluding carboxylic acids is 1. The number of halogens is 1. The molecule has 0 aromatic rings. The van der Waals surface area contributed by atoms with Crippen molar-refractivity contribution >= 4 is 17.6 Å². The predicted molar refractivity (Wildman–Crippen MR) is 33.0 cm³/mol. The number of hydrogen-bond donors (Lipinski definition) is 0. The Morgan fingerprint density at radius 2 is 2.00 bits per heavy atom. The van der Waals surface area contributed by atoms with E-state index in [9.17, 15) is 4.79 Å². The Balaban J connectivity index is 3.97. The number of methoxy groups -OCH3 is 2. The number of hydrogen-bond acceptors (Lipinski definition) is 3.